The van der Waals surface area contributed by atoms with E-state index in [0.29, 0.717) is 40.4 Å². The van der Waals surface area contributed by atoms with Crippen LogP contribution >= 0.6 is 22.9 Å². The van der Waals surface area contributed by atoms with Crippen molar-refractivity contribution in [2.45, 2.75) is 56.5 Å². The molecule has 0 unspecified atom stereocenters. The summed E-state index contributed by atoms with van der Waals surface area (Å²) in [6, 6.07) is 8.87. The van der Waals surface area contributed by atoms with E-state index < -0.39 is 0 Å². The minimum absolute atomic E-state index is 0.0727. The highest BCUT2D eigenvalue weighted by Gasteiger charge is 2.43. The molecule has 1 aliphatic heterocycles. The first kappa shape index (κ1) is 20.6. The molecule has 2 aromatic heterocycles. The summed E-state index contributed by atoms with van der Waals surface area (Å²) in [4.78, 5) is 25.5. The van der Waals surface area contributed by atoms with Crippen molar-refractivity contribution in [3.05, 3.63) is 57.3 Å². The summed E-state index contributed by atoms with van der Waals surface area (Å²) in [6.07, 6.45) is 4.43. The van der Waals surface area contributed by atoms with Gasteiger partial charge in [-0.05, 0) is 80.1 Å². The molecule has 166 valence electrons. The number of aromatic nitrogens is 2. The maximum absolute atomic E-state index is 13.2. The molecule has 5 atom stereocenters. The molecule has 5 nitrogen and oxygen atoms in total. The fraction of sp³-hybridized carbons (Fsp3) is 0.480. The zero-order chi connectivity index (χ0) is 22.0. The van der Waals surface area contributed by atoms with E-state index in [9.17, 15) is 4.79 Å². The molecule has 32 heavy (non-hydrogen) atoms. The Morgan fingerprint density at radius 1 is 1.16 bits per heavy atom. The van der Waals surface area contributed by atoms with Crippen LogP contribution in [0.4, 0.5) is 0 Å². The SMILES string of the molecule is Cc1nc([C@@H]2C[C@H]2c2ccc(C(=O)N(C)[C@@H]3C[C@@H]4CN[C@@H](C4)C3)cc2Cl)c2ccsc2n1. The van der Waals surface area contributed by atoms with E-state index in [-0.39, 0.29) is 5.91 Å². The van der Waals surface area contributed by atoms with Crippen LogP contribution < -0.4 is 5.32 Å². The highest BCUT2D eigenvalue weighted by molar-refractivity contribution is 7.16. The lowest BCUT2D eigenvalue weighted by molar-refractivity contribution is 0.0678. The van der Waals surface area contributed by atoms with E-state index in [2.05, 4.69) is 27.8 Å². The molecule has 0 radical (unpaired) electrons. The van der Waals surface area contributed by atoms with Crippen molar-refractivity contribution in [1.29, 1.82) is 0 Å². The first-order valence-electron chi connectivity index (χ1n) is 11.5. The molecule has 1 aromatic carbocycles. The molecule has 1 N–H and O–H groups in total. The minimum Gasteiger partial charge on any atom is -0.339 e. The molecule has 6 rings (SSSR count). The van der Waals surface area contributed by atoms with Crippen molar-refractivity contribution in [3.8, 4) is 0 Å². The summed E-state index contributed by atoms with van der Waals surface area (Å²) >= 11 is 8.39. The number of halogens is 1. The zero-order valence-corrected chi connectivity index (χ0v) is 19.9. The molecule has 2 bridgehead atoms. The Labute approximate surface area is 197 Å². The number of hydrogen-bond acceptors (Lipinski definition) is 5. The van der Waals surface area contributed by atoms with Crippen molar-refractivity contribution in [1.82, 2.24) is 20.2 Å². The number of carbonyl (C=O) groups is 1. The third-order valence-corrected chi connectivity index (χ3v) is 8.73. The normalized spacial score (nSPS) is 28.8. The van der Waals surface area contributed by atoms with E-state index >= 15 is 0 Å². The molecular formula is C25H27ClN4OS. The predicted molar refractivity (Wildman–Crippen MR) is 129 cm³/mol. The molecule has 7 heteroatoms. The van der Waals surface area contributed by atoms with Gasteiger partial charge in [-0.2, -0.15) is 0 Å². The number of benzene rings is 1. The molecule has 3 fully saturated rings. The van der Waals surface area contributed by atoms with E-state index in [0.717, 1.165) is 53.1 Å². The average molecular weight is 467 g/mol. The van der Waals surface area contributed by atoms with Gasteiger partial charge in [0.05, 0.1) is 5.69 Å². The van der Waals surface area contributed by atoms with Crippen LogP contribution in [0.15, 0.2) is 29.6 Å². The lowest BCUT2D eigenvalue weighted by Gasteiger charge is -2.34. The number of hydrogen-bond donors (Lipinski definition) is 1. The number of carbonyl (C=O) groups excluding carboxylic acids is 1. The molecule has 2 aliphatic carbocycles. The second-order valence-corrected chi connectivity index (χ2v) is 11.0. The summed E-state index contributed by atoms with van der Waals surface area (Å²) in [5, 5.41) is 7.51. The van der Waals surface area contributed by atoms with Gasteiger partial charge in [0.2, 0.25) is 0 Å². The molecule has 0 spiro atoms. The summed E-state index contributed by atoms with van der Waals surface area (Å²) in [5.74, 6) is 2.31. The average Bonchev–Trinajstić information content (AvgIpc) is 3.30. The van der Waals surface area contributed by atoms with Gasteiger partial charge in [-0.1, -0.05) is 17.7 Å². The second-order valence-electron chi connectivity index (χ2n) is 9.73. The number of fused-ring (bicyclic) bond motifs is 3. The Morgan fingerprint density at radius 3 is 2.84 bits per heavy atom. The molecule has 3 heterocycles. The Balaban J connectivity index is 1.20. The van der Waals surface area contributed by atoms with E-state index in [4.69, 9.17) is 16.6 Å². The Kier molecular flexibility index (Phi) is 5.01. The van der Waals surface area contributed by atoms with E-state index in [1.807, 2.05) is 31.0 Å². The van der Waals surface area contributed by atoms with Crippen LogP contribution in [0.1, 0.15) is 65.0 Å². The first-order chi connectivity index (χ1) is 15.5. The van der Waals surface area contributed by atoms with Crippen LogP contribution in [-0.2, 0) is 0 Å². The third-order valence-electron chi connectivity index (χ3n) is 7.60. The smallest absolute Gasteiger partial charge is 0.253 e. The number of nitrogens with one attached hydrogen (secondary N) is 1. The van der Waals surface area contributed by atoms with Crippen LogP contribution in [-0.4, -0.2) is 46.5 Å². The quantitative estimate of drug-likeness (QED) is 0.578. The molecule has 3 aliphatic rings. The second kappa shape index (κ2) is 7.79. The number of amides is 1. The van der Waals surface area contributed by atoms with E-state index in [1.165, 1.54) is 6.42 Å². The Morgan fingerprint density at radius 2 is 2.03 bits per heavy atom. The predicted octanol–water partition coefficient (Wildman–Crippen LogP) is 5.14. The fourth-order valence-electron chi connectivity index (χ4n) is 5.83. The van der Waals surface area contributed by atoms with Gasteiger partial charge in [0.25, 0.3) is 5.91 Å². The van der Waals surface area contributed by atoms with Crippen molar-refractivity contribution < 1.29 is 4.79 Å². The summed E-state index contributed by atoms with van der Waals surface area (Å²) in [5.41, 5.74) is 2.94. The maximum Gasteiger partial charge on any atom is 0.253 e. The summed E-state index contributed by atoms with van der Waals surface area (Å²) < 4.78 is 0. The number of thiophene rings is 1. The minimum atomic E-state index is 0.0727. The molecule has 2 saturated carbocycles. The lowest BCUT2D eigenvalue weighted by Crippen LogP contribution is -2.42. The van der Waals surface area contributed by atoms with Crippen LogP contribution in [0.2, 0.25) is 5.02 Å². The van der Waals surface area contributed by atoms with Crippen LogP contribution in [0.3, 0.4) is 0 Å². The van der Waals surface area contributed by atoms with E-state index in [1.54, 1.807) is 11.3 Å². The molecule has 1 amide bonds. The van der Waals surface area contributed by atoms with Crippen LogP contribution in [0.25, 0.3) is 10.2 Å². The van der Waals surface area contributed by atoms with Crippen molar-refractivity contribution in [2.24, 2.45) is 5.92 Å². The van der Waals surface area contributed by atoms with Crippen LogP contribution in [0.5, 0.6) is 0 Å². The highest BCUT2D eigenvalue weighted by atomic mass is 35.5. The van der Waals surface area contributed by atoms with Gasteiger partial charge in [0.15, 0.2) is 0 Å². The zero-order valence-electron chi connectivity index (χ0n) is 18.3. The van der Waals surface area contributed by atoms with Crippen molar-refractivity contribution in [2.75, 3.05) is 13.6 Å². The van der Waals surface area contributed by atoms with Gasteiger partial charge in [-0.15, -0.1) is 11.3 Å². The Hall–Kier alpha value is -2.02. The third kappa shape index (κ3) is 3.53. The van der Waals surface area contributed by atoms with Crippen LogP contribution in [0, 0.1) is 12.8 Å². The van der Waals surface area contributed by atoms with Crippen molar-refractivity contribution in [3.63, 3.8) is 0 Å². The van der Waals surface area contributed by atoms with Gasteiger partial charge in [0.1, 0.15) is 10.7 Å². The highest BCUT2D eigenvalue weighted by Crippen LogP contribution is 2.57. The largest absolute Gasteiger partial charge is 0.339 e. The van der Waals surface area contributed by atoms with Gasteiger partial charge in [0, 0.05) is 41.0 Å². The van der Waals surface area contributed by atoms with Crippen molar-refractivity contribution >= 4 is 39.1 Å². The first-order valence-corrected chi connectivity index (χ1v) is 12.8. The number of rotatable bonds is 4. The monoisotopic (exact) mass is 466 g/mol. The maximum atomic E-state index is 13.2. The van der Waals surface area contributed by atoms with Gasteiger partial charge in [-0.3, -0.25) is 4.79 Å². The standard InChI is InChI=1S/C25H27ClN4OS/c1-13-28-23(19-5-6-32-24(19)29-13)21-11-20(21)18-4-3-15(9-22(18)26)25(31)30(2)17-8-14-7-16(10-17)27-12-14/h3-6,9,14,16-17,20-21,27H,7-8,10-12H2,1-2H3/t14-,16+,17-,20+,21-/m1/s1. The summed E-state index contributed by atoms with van der Waals surface area (Å²) in [6.45, 7) is 3.05. The van der Waals surface area contributed by atoms with Gasteiger partial charge >= 0.3 is 0 Å². The number of nitrogens with zero attached hydrogens (tertiary/aromatic N) is 3. The topological polar surface area (TPSA) is 58.1 Å². The van der Waals surface area contributed by atoms with Gasteiger partial charge in [-0.25, -0.2) is 9.97 Å². The summed E-state index contributed by atoms with van der Waals surface area (Å²) in [7, 11) is 1.94. The molecule has 3 aromatic rings. The fourth-order valence-corrected chi connectivity index (χ4v) is 6.97. The van der Waals surface area contributed by atoms with Gasteiger partial charge < -0.3 is 10.2 Å². The molecular weight excluding hydrogens is 440 g/mol. The lowest BCUT2D eigenvalue weighted by atomic mass is 9.85. The molecule has 1 saturated heterocycles. The number of aryl methyl sites for hydroxylation is 1. The Bertz CT molecular complexity index is 1200.